The summed E-state index contributed by atoms with van der Waals surface area (Å²) in [5, 5.41) is 0. The Labute approximate surface area is 134 Å². The minimum absolute atomic E-state index is 0.00654. The zero-order chi connectivity index (χ0) is 17.3. The molecule has 1 unspecified atom stereocenters. The Balaban J connectivity index is -0.000000343. The van der Waals surface area contributed by atoms with Crippen molar-refractivity contribution in [3.8, 4) is 0 Å². The Hall–Kier alpha value is -0.630. The van der Waals surface area contributed by atoms with E-state index in [4.69, 9.17) is 5.73 Å². The van der Waals surface area contributed by atoms with E-state index in [1.54, 1.807) is 0 Å². The van der Waals surface area contributed by atoms with Crippen molar-refractivity contribution in [1.29, 1.82) is 0 Å². The lowest BCUT2D eigenvalue weighted by Crippen LogP contribution is -2.18. The maximum absolute atomic E-state index is 11.4. The zero-order valence-corrected chi connectivity index (χ0v) is 16.0. The van der Waals surface area contributed by atoms with Gasteiger partial charge in [-0.05, 0) is 44.6 Å². The van der Waals surface area contributed by atoms with Gasteiger partial charge in [0.2, 0.25) is 0 Å². The summed E-state index contributed by atoms with van der Waals surface area (Å²) in [6.07, 6.45) is 8.36. The second-order valence-corrected chi connectivity index (χ2v) is 5.74. The number of rotatable bonds is 3. The third kappa shape index (κ3) is 24.7. The van der Waals surface area contributed by atoms with Crippen molar-refractivity contribution in [2.75, 3.05) is 0 Å². The molecule has 21 heavy (non-hydrogen) atoms. The number of hydrogen-bond donors (Lipinski definition) is 1. The van der Waals surface area contributed by atoms with Gasteiger partial charge in [-0.1, -0.05) is 60.5 Å². The first-order valence-corrected chi connectivity index (χ1v) is 8.89. The molecule has 0 spiro atoms. The molecule has 1 aliphatic carbocycles. The minimum atomic E-state index is -0.00654. The smallest absolute Gasteiger partial charge is 0.157 e. The molecule has 2 heteroatoms. The van der Waals surface area contributed by atoms with Crippen LogP contribution >= 0.6 is 0 Å². The number of carbonyl (C=O) groups excluding carboxylic acids is 1. The van der Waals surface area contributed by atoms with Gasteiger partial charge in [0.1, 0.15) is 0 Å². The fraction of sp³-hybridized carbons (Fsp3) is 0.842. The van der Waals surface area contributed by atoms with Crippen molar-refractivity contribution in [3.63, 3.8) is 0 Å². The van der Waals surface area contributed by atoms with Crippen LogP contribution < -0.4 is 5.73 Å². The Bertz CT molecular complexity index is 231. The van der Waals surface area contributed by atoms with Crippen LogP contribution in [0, 0.1) is 5.92 Å². The summed E-state index contributed by atoms with van der Waals surface area (Å²) in [5.41, 5.74) is 6.88. The van der Waals surface area contributed by atoms with E-state index >= 15 is 0 Å². The number of ketones is 1. The molecule has 2 nitrogen and oxygen atoms in total. The predicted molar refractivity (Wildman–Crippen MR) is 97.6 cm³/mol. The van der Waals surface area contributed by atoms with Gasteiger partial charge in [-0.3, -0.25) is 4.79 Å². The van der Waals surface area contributed by atoms with Gasteiger partial charge in [0, 0.05) is 12.5 Å². The monoisotopic (exact) mass is 299 g/mol. The normalized spacial score (nSPS) is 14.5. The van der Waals surface area contributed by atoms with Crippen LogP contribution in [0.2, 0.25) is 0 Å². The highest BCUT2D eigenvalue weighted by atomic mass is 16.1. The molecule has 1 fully saturated rings. The fourth-order valence-electron chi connectivity index (χ4n) is 1.75. The lowest BCUT2D eigenvalue weighted by Gasteiger charge is -2.13. The summed E-state index contributed by atoms with van der Waals surface area (Å²) < 4.78 is 0. The van der Waals surface area contributed by atoms with Crippen molar-refractivity contribution < 1.29 is 4.79 Å². The molecule has 2 N–H and O–H groups in total. The van der Waals surface area contributed by atoms with E-state index in [1.807, 2.05) is 40.7 Å². The highest BCUT2D eigenvalue weighted by Crippen LogP contribution is 2.22. The lowest BCUT2D eigenvalue weighted by atomic mass is 9.93. The van der Waals surface area contributed by atoms with Crippen molar-refractivity contribution in [2.24, 2.45) is 11.7 Å². The predicted octanol–water partition coefficient (Wildman–Crippen LogP) is 5.90. The van der Waals surface area contributed by atoms with E-state index < -0.39 is 0 Å². The number of carbonyl (C=O) groups is 1. The second kappa shape index (κ2) is 19.4. The summed E-state index contributed by atoms with van der Waals surface area (Å²) in [5.74, 6) is 1.03. The standard InChI is InChI=1S/C11H19NO.C4H10.2C2H6/c1-9(12)7-11(13)8-10-5-3-2-4-6-10;1-4(2)3;2*1-2/h8-9H,2-7,12H2,1H3;4H,1-3H3;2*1-2H3. The molecule has 0 heterocycles. The van der Waals surface area contributed by atoms with Gasteiger partial charge in [-0.15, -0.1) is 0 Å². The Kier molecular flexibility index (Phi) is 23.4. The molecule has 0 bridgehead atoms. The molecule has 128 valence electrons. The van der Waals surface area contributed by atoms with Crippen molar-refractivity contribution in [2.45, 2.75) is 100.0 Å². The van der Waals surface area contributed by atoms with Gasteiger partial charge >= 0.3 is 0 Å². The van der Waals surface area contributed by atoms with Gasteiger partial charge in [0.15, 0.2) is 5.78 Å². The average Bonchev–Trinajstić information content (AvgIpc) is 2.43. The van der Waals surface area contributed by atoms with Crippen LogP contribution in [-0.2, 0) is 4.79 Å². The molecule has 0 aromatic rings. The number of allylic oxidation sites excluding steroid dienone is 2. The van der Waals surface area contributed by atoms with E-state index in [2.05, 4.69) is 20.8 Å². The highest BCUT2D eigenvalue weighted by Gasteiger charge is 2.08. The Morgan fingerprint density at radius 1 is 1.00 bits per heavy atom. The van der Waals surface area contributed by atoms with E-state index in [9.17, 15) is 4.79 Å². The van der Waals surface area contributed by atoms with Crippen LogP contribution in [0.4, 0.5) is 0 Å². The maximum atomic E-state index is 11.4. The first kappa shape index (κ1) is 25.3. The average molecular weight is 300 g/mol. The largest absolute Gasteiger partial charge is 0.328 e. The quantitative estimate of drug-likeness (QED) is 0.659. The third-order valence-corrected chi connectivity index (χ3v) is 2.38. The maximum Gasteiger partial charge on any atom is 0.157 e. The molecule has 0 aromatic carbocycles. The summed E-state index contributed by atoms with van der Waals surface area (Å²) in [7, 11) is 0. The first-order valence-electron chi connectivity index (χ1n) is 8.89. The van der Waals surface area contributed by atoms with Gasteiger partial charge in [0.05, 0.1) is 0 Å². The van der Waals surface area contributed by atoms with E-state index in [-0.39, 0.29) is 11.8 Å². The van der Waals surface area contributed by atoms with Crippen molar-refractivity contribution >= 4 is 5.78 Å². The Morgan fingerprint density at radius 2 is 1.38 bits per heavy atom. The molecule has 0 amide bonds. The van der Waals surface area contributed by atoms with Crippen LogP contribution in [0.3, 0.4) is 0 Å². The van der Waals surface area contributed by atoms with E-state index in [0.29, 0.717) is 6.42 Å². The minimum Gasteiger partial charge on any atom is -0.328 e. The third-order valence-electron chi connectivity index (χ3n) is 2.38. The van der Waals surface area contributed by atoms with Crippen LogP contribution in [0.15, 0.2) is 11.6 Å². The topological polar surface area (TPSA) is 43.1 Å². The molecule has 1 aliphatic rings. The molecular weight excluding hydrogens is 258 g/mol. The summed E-state index contributed by atoms with van der Waals surface area (Å²) in [4.78, 5) is 11.4. The first-order chi connectivity index (χ1) is 9.91. The van der Waals surface area contributed by atoms with Gasteiger partial charge in [-0.2, -0.15) is 0 Å². The van der Waals surface area contributed by atoms with Crippen LogP contribution in [-0.4, -0.2) is 11.8 Å². The van der Waals surface area contributed by atoms with E-state index in [0.717, 1.165) is 18.8 Å². The number of nitrogens with two attached hydrogens (primary N) is 1. The lowest BCUT2D eigenvalue weighted by molar-refractivity contribution is -0.114. The van der Waals surface area contributed by atoms with Gasteiger partial charge in [-0.25, -0.2) is 0 Å². The van der Waals surface area contributed by atoms with E-state index in [1.165, 1.54) is 24.8 Å². The van der Waals surface area contributed by atoms with Crippen LogP contribution in [0.25, 0.3) is 0 Å². The molecule has 1 saturated carbocycles. The SMILES string of the molecule is CC.CC.CC(C)C.CC(N)CC(=O)C=C1CCCCC1. The molecule has 0 aliphatic heterocycles. The Morgan fingerprint density at radius 3 is 1.71 bits per heavy atom. The highest BCUT2D eigenvalue weighted by molar-refractivity contribution is 5.90. The molecule has 1 rings (SSSR count). The summed E-state index contributed by atoms with van der Waals surface area (Å²) in [6.45, 7) is 16.4. The molecule has 1 atom stereocenters. The summed E-state index contributed by atoms with van der Waals surface area (Å²) in [6, 6.07) is -0.00654. The fourth-order valence-corrected chi connectivity index (χ4v) is 1.75. The van der Waals surface area contributed by atoms with Crippen molar-refractivity contribution in [1.82, 2.24) is 0 Å². The molecular formula is C19H41NO. The van der Waals surface area contributed by atoms with Gasteiger partial charge < -0.3 is 5.73 Å². The second-order valence-electron chi connectivity index (χ2n) is 5.74. The van der Waals surface area contributed by atoms with Crippen LogP contribution in [0.1, 0.15) is 93.9 Å². The van der Waals surface area contributed by atoms with Crippen LogP contribution in [0.5, 0.6) is 0 Å². The molecule has 0 radical (unpaired) electrons. The summed E-state index contributed by atoms with van der Waals surface area (Å²) >= 11 is 0. The zero-order valence-electron chi connectivity index (χ0n) is 16.0. The number of hydrogen-bond acceptors (Lipinski definition) is 2. The van der Waals surface area contributed by atoms with Crippen molar-refractivity contribution in [3.05, 3.63) is 11.6 Å². The molecule has 0 aromatic heterocycles. The molecule has 0 saturated heterocycles. The van der Waals surface area contributed by atoms with Gasteiger partial charge in [0.25, 0.3) is 0 Å².